The molecule has 0 saturated carbocycles. The molecule has 0 fully saturated rings. The van der Waals surface area contributed by atoms with Crippen LogP contribution in [0.1, 0.15) is 23.1 Å². The molecule has 0 saturated heterocycles. The van der Waals surface area contributed by atoms with Crippen LogP contribution >= 0.6 is 0 Å². The lowest BCUT2D eigenvalue weighted by Gasteiger charge is -2.25. The van der Waals surface area contributed by atoms with Crippen molar-refractivity contribution in [1.82, 2.24) is 24.7 Å². The lowest BCUT2D eigenvalue weighted by Crippen LogP contribution is -2.24. The number of hydrogen-bond donors (Lipinski definition) is 1. The maximum atomic E-state index is 13.0. The quantitative estimate of drug-likeness (QED) is 0.711. The number of aromatic amines is 1. The van der Waals surface area contributed by atoms with Crippen LogP contribution in [0.2, 0.25) is 0 Å². The SMILES string of the molecule is CO[C@H]1C=C(c2n[nH]c(-c3cccc(C(F)(F)F)c3)n2)C=CC1n1cnc(C)c1. The summed E-state index contributed by atoms with van der Waals surface area (Å²) in [6.45, 7) is 1.91. The van der Waals surface area contributed by atoms with Gasteiger partial charge in [-0.25, -0.2) is 9.97 Å². The molecular formula is C20H18F3N5O. The van der Waals surface area contributed by atoms with Gasteiger partial charge in [-0.3, -0.25) is 5.10 Å². The van der Waals surface area contributed by atoms with Crippen molar-refractivity contribution in [3.05, 3.63) is 72.1 Å². The van der Waals surface area contributed by atoms with Crippen LogP contribution in [0.5, 0.6) is 0 Å². The summed E-state index contributed by atoms with van der Waals surface area (Å²) >= 11 is 0. The average molecular weight is 401 g/mol. The van der Waals surface area contributed by atoms with Crippen molar-refractivity contribution in [2.45, 2.75) is 25.2 Å². The van der Waals surface area contributed by atoms with Gasteiger partial charge in [-0.1, -0.05) is 24.3 Å². The summed E-state index contributed by atoms with van der Waals surface area (Å²) in [4.78, 5) is 8.61. The third kappa shape index (κ3) is 3.86. The number of hydrogen-bond acceptors (Lipinski definition) is 4. The van der Waals surface area contributed by atoms with Gasteiger partial charge in [0.1, 0.15) is 6.10 Å². The second-order valence-corrected chi connectivity index (χ2v) is 6.72. The van der Waals surface area contributed by atoms with Crippen LogP contribution in [0.3, 0.4) is 0 Å². The Kier molecular flexibility index (Phi) is 4.83. The number of rotatable bonds is 4. The minimum atomic E-state index is -4.42. The number of allylic oxidation sites excluding steroid dienone is 2. The van der Waals surface area contributed by atoms with Crippen molar-refractivity contribution in [3.63, 3.8) is 0 Å². The summed E-state index contributed by atoms with van der Waals surface area (Å²) in [7, 11) is 1.61. The summed E-state index contributed by atoms with van der Waals surface area (Å²) < 4.78 is 46.4. The van der Waals surface area contributed by atoms with E-state index >= 15 is 0 Å². The fourth-order valence-electron chi connectivity index (χ4n) is 3.23. The summed E-state index contributed by atoms with van der Waals surface area (Å²) in [6, 6.07) is 4.91. The number of benzene rings is 1. The first-order valence-electron chi connectivity index (χ1n) is 8.88. The fraction of sp³-hybridized carbons (Fsp3) is 0.250. The van der Waals surface area contributed by atoms with Gasteiger partial charge < -0.3 is 9.30 Å². The first-order chi connectivity index (χ1) is 13.8. The molecule has 1 N–H and O–H groups in total. The second kappa shape index (κ2) is 7.32. The third-order valence-corrected chi connectivity index (χ3v) is 4.71. The molecule has 6 nitrogen and oxygen atoms in total. The van der Waals surface area contributed by atoms with Crippen LogP contribution in [0.4, 0.5) is 13.2 Å². The summed E-state index contributed by atoms with van der Waals surface area (Å²) in [5.41, 5.74) is 1.21. The Morgan fingerprint density at radius 2 is 2.07 bits per heavy atom. The normalized spacial score (nSPS) is 19.4. The fourth-order valence-corrected chi connectivity index (χ4v) is 3.23. The van der Waals surface area contributed by atoms with Crippen molar-refractivity contribution in [2.75, 3.05) is 7.11 Å². The molecule has 0 radical (unpaired) electrons. The smallest absolute Gasteiger partial charge is 0.375 e. The molecule has 4 rings (SSSR count). The lowest BCUT2D eigenvalue weighted by molar-refractivity contribution is -0.137. The summed E-state index contributed by atoms with van der Waals surface area (Å²) in [5, 5.41) is 6.89. The van der Waals surface area contributed by atoms with Gasteiger partial charge in [-0.05, 0) is 25.1 Å². The molecule has 2 heterocycles. The van der Waals surface area contributed by atoms with Gasteiger partial charge in [-0.2, -0.15) is 18.3 Å². The Balaban J connectivity index is 1.60. The van der Waals surface area contributed by atoms with Crippen LogP contribution in [0.15, 0.2) is 55.0 Å². The van der Waals surface area contributed by atoms with E-state index in [2.05, 4.69) is 20.2 Å². The molecular weight excluding hydrogens is 383 g/mol. The highest BCUT2D eigenvalue weighted by Gasteiger charge is 2.31. The first-order valence-corrected chi connectivity index (χ1v) is 8.88. The molecule has 1 aliphatic rings. The number of methoxy groups -OCH3 is 1. The Morgan fingerprint density at radius 3 is 2.76 bits per heavy atom. The number of imidazole rings is 1. The van der Waals surface area contributed by atoms with E-state index in [4.69, 9.17) is 4.74 Å². The zero-order chi connectivity index (χ0) is 20.6. The number of aromatic nitrogens is 5. The molecule has 1 aromatic carbocycles. The molecule has 0 bridgehead atoms. The zero-order valence-electron chi connectivity index (χ0n) is 15.7. The first kappa shape index (κ1) is 19.1. The third-order valence-electron chi connectivity index (χ3n) is 4.71. The summed E-state index contributed by atoms with van der Waals surface area (Å²) in [6.07, 6.45) is 4.71. The van der Waals surface area contributed by atoms with E-state index in [1.54, 1.807) is 19.5 Å². The van der Waals surface area contributed by atoms with Crippen LogP contribution in [-0.2, 0) is 10.9 Å². The van der Waals surface area contributed by atoms with Crippen LogP contribution < -0.4 is 0 Å². The maximum Gasteiger partial charge on any atom is 0.416 e. The Labute approximate surface area is 164 Å². The predicted molar refractivity (Wildman–Crippen MR) is 101 cm³/mol. The van der Waals surface area contributed by atoms with Gasteiger partial charge in [0.15, 0.2) is 11.6 Å². The number of aryl methyl sites for hydroxylation is 1. The molecule has 29 heavy (non-hydrogen) atoms. The van der Waals surface area contributed by atoms with E-state index in [1.807, 2.05) is 35.9 Å². The molecule has 0 aliphatic heterocycles. The standard InChI is InChI=1S/C20H18F3N5O/c1-12-10-28(11-24-12)16-7-6-14(9-17(16)29-2)19-25-18(26-27-19)13-4-3-5-15(8-13)20(21,22)23/h3-11,16-17H,1-2H3,(H,25,26,27)/t16?,17-/m0/s1. The molecule has 150 valence electrons. The molecule has 0 spiro atoms. The molecule has 9 heteroatoms. The maximum absolute atomic E-state index is 13.0. The van der Waals surface area contributed by atoms with E-state index < -0.39 is 11.7 Å². The minimum absolute atomic E-state index is 0.0631. The van der Waals surface area contributed by atoms with Crippen LogP contribution in [0.25, 0.3) is 17.0 Å². The van der Waals surface area contributed by atoms with E-state index in [1.165, 1.54) is 6.07 Å². The molecule has 1 aliphatic carbocycles. The van der Waals surface area contributed by atoms with Crippen molar-refractivity contribution in [3.8, 4) is 11.4 Å². The van der Waals surface area contributed by atoms with Crippen LogP contribution in [0, 0.1) is 6.92 Å². The van der Waals surface area contributed by atoms with Crippen molar-refractivity contribution in [2.24, 2.45) is 0 Å². The Hall–Kier alpha value is -3.20. The Bertz CT molecular complexity index is 1080. The highest BCUT2D eigenvalue weighted by molar-refractivity contribution is 5.72. The predicted octanol–water partition coefficient (Wildman–Crippen LogP) is 4.20. The van der Waals surface area contributed by atoms with Crippen LogP contribution in [-0.4, -0.2) is 37.9 Å². The number of ether oxygens (including phenoxy) is 1. The summed E-state index contributed by atoms with van der Waals surface area (Å²) in [5.74, 6) is 0.651. The molecule has 2 aromatic heterocycles. The second-order valence-electron chi connectivity index (χ2n) is 6.72. The number of nitrogens with zero attached hydrogens (tertiary/aromatic N) is 4. The molecule has 2 atom stereocenters. The van der Waals surface area contributed by atoms with Gasteiger partial charge in [0.05, 0.1) is 23.6 Å². The van der Waals surface area contributed by atoms with Crippen molar-refractivity contribution in [1.29, 1.82) is 0 Å². The number of halogens is 3. The highest BCUT2D eigenvalue weighted by atomic mass is 19.4. The highest BCUT2D eigenvalue weighted by Crippen LogP contribution is 2.32. The topological polar surface area (TPSA) is 68.6 Å². The molecule has 0 amide bonds. The molecule has 3 aromatic rings. The minimum Gasteiger partial charge on any atom is -0.375 e. The van der Waals surface area contributed by atoms with E-state index in [0.717, 1.165) is 23.4 Å². The van der Waals surface area contributed by atoms with Gasteiger partial charge in [0.25, 0.3) is 0 Å². The number of alkyl halides is 3. The van der Waals surface area contributed by atoms with Gasteiger partial charge >= 0.3 is 6.18 Å². The molecule has 1 unspecified atom stereocenters. The number of H-pyrrole nitrogens is 1. The van der Waals surface area contributed by atoms with Gasteiger partial charge in [0, 0.05) is 24.4 Å². The zero-order valence-corrected chi connectivity index (χ0v) is 15.7. The number of nitrogens with one attached hydrogen (secondary N) is 1. The van der Waals surface area contributed by atoms with Gasteiger partial charge in [0.2, 0.25) is 0 Å². The van der Waals surface area contributed by atoms with E-state index in [9.17, 15) is 13.2 Å². The van der Waals surface area contributed by atoms with Crippen molar-refractivity contribution < 1.29 is 17.9 Å². The Morgan fingerprint density at radius 1 is 1.24 bits per heavy atom. The van der Waals surface area contributed by atoms with Gasteiger partial charge in [-0.15, -0.1) is 0 Å². The van der Waals surface area contributed by atoms with E-state index in [-0.39, 0.29) is 18.0 Å². The lowest BCUT2D eigenvalue weighted by atomic mass is 9.99. The average Bonchev–Trinajstić information content (AvgIpc) is 3.36. The van der Waals surface area contributed by atoms with E-state index in [0.29, 0.717) is 11.4 Å². The monoisotopic (exact) mass is 401 g/mol. The largest absolute Gasteiger partial charge is 0.416 e. The van der Waals surface area contributed by atoms with Crippen molar-refractivity contribution >= 4 is 5.57 Å².